The molecule has 0 fully saturated rings. The van der Waals surface area contributed by atoms with Crippen molar-refractivity contribution in [3.8, 4) is 0 Å². The van der Waals surface area contributed by atoms with Crippen LogP contribution in [0.2, 0.25) is 0 Å². The van der Waals surface area contributed by atoms with E-state index in [1.807, 2.05) is 0 Å². The van der Waals surface area contributed by atoms with Gasteiger partial charge in [-0.1, -0.05) is 6.08 Å². The minimum atomic E-state index is -2.02. The van der Waals surface area contributed by atoms with Gasteiger partial charge in [-0.3, -0.25) is 26.2 Å². The number of carbonyl (C=O) groups excluding carboxylic acids is 2. The number of aliphatic hydroxyl groups is 1. The van der Waals surface area contributed by atoms with Crippen molar-refractivity contribution in [2.45, 2.75) is 43.1 Å². The van der Waals surface area contributed by atoms with Gasteiger partial charge in [0.2, 0.25) is 11.8 Å². The van der Waals surface area contributed by atoms with Crippen LogP contribution in [-0.2, 0) is 14.3 Å². The minimum absolute atomic E-state index is 0.0712. The molecule has 5 atom stereocenters. The zero-order chi connectivity index (χ0) is 23.3. The van der Waals surface area contributed by atoms with E-state index in [1.54, 1.807) is 7.05 Å². The van der Waals surface area contributed by atoms with Crippen molar-refractivity contribution >= 4 is 23.9 Å². The molecule has 0 aromatic carbocycles. The Morgan fingerprint density at radius 3 is 2.74 bits per heavy atom. The van der Waals surface area contributed by atoms with Gasteiger partial charge in [0.05, 0.1) is 6.04 Å². The molecule has 0 saturated carbocycles. The molecule has 172 valence electrons. The van der Waals surface area contributed by atoms with Crippen molar-refractivity contribution in [3.05, 3.63) is 24.4 Å². The number of hydrogen-bond acceptors (Lipinski definition) is 8. The molecule has 0 aliphatic carbocycles. The molecule has 0 radical (unpaired) electrons. The molecule has 14 heteroatoms. The number of hydrogen-bond donors (Lipinski definition) is 8. The molecule has 0 aromatic rings. The highest BCUT2D eigenvalue weighted by molar-refractivity contribution is 5.81. The Morgan fingerprint density at radius 2 is 2.16 bits per heavy atom. The largest absolute Gasteiger partial charge is 0.479 e. The van der Waals surface area contributed by atoms with Crippen LogP contribution in [0, 0.1) is 5.41 Å². The lowest BCUT2D eigenvalue weighted by Crippen LogP contribution is -2.62. The average Bonchev–Trinajstić information content (AvgIpc) is 2.65. The molecule has 2 aliphatic heterocycles. The fourth-order valence-corrected chi connectivity index (χ4v) is 2.89. The van der Waals surface area contributed by atoms with Crippen LogP contribution in [0.25, 0.3) is 0 Å². The third-order valence-electron chi connectivity index (χ3n) is 4.67. The van der Waals surface area contributed by atoms with E-state index in [-0.39, 0.29) is 12.4 Å². The molecule has 14 nitrogen and oxygen atoms in total. The van der Waals surface area contributed by atoms with Gasteiger partial charge in [-0.2, -0.15) is 0 Å². The number of nitrogens with zero attached hydrogens (tertiary/aromatic N) is 2. The zero-order valence-corrected chi connectivity index (χ0v) is 16.9. The first-order chi connectivity index (χ1) is 14.4. The Hall–Kier alpha value is -3.20. The van der Waals surface area contributed by atoms with E-state index in [0.29, 0.717) is 13.0 Å². The lowest BCUT2D eigenvalue weighted by Gasteiger charge is -2.38. The molecule has 0 aromatic heterocycles. The first-order valence-corrected chi connectivity index (χ1v) is 9.37. The van der Waals surface area contributed by atoms with Gasteiger partial charge >= 0.3 is 12.0 Å². The summed E-state index contributed by atoms with van der Waals surface area (Å²) >= 11 is 0. The standard InChI is InChI=1S/C17H28N8O6/c1-24(15(19)20)6-4-9(18)8-11(26)22-10-2-3-12(31-13(10)14(27)28)25-7-5-17(21,30)23-16(25)29/h2-3,5,7,9-10,12-13,30H,4,6,8,18,21H2,1H3,(H3,19,20)(H,22,26)(H,23,29)(H,27,28). The number of nitrogens with two attached hydrogens (primary N) is 3. The lowest BCUT2D eigenvalue weighted by molar-refractivity contribution is -0.160. The maximum Gasteiger partial charge on any atom is 0.335 e. The van der Waals surface area contributed by atoms with Gasteiger partial charge in [0.25, 0.3) is 0 Å². The smallest absolute Gasteiger partial charge is 0.335 e. The number of guanidine groups is 1. The van der Waals surface area contributed by atoms with Gasteiger partial charge in [0.1, 0.15) is 0 Å². The van der Waals surface area contributed by atoms with Crippen LogP contribution >= 0.6 is 0 Å². The maximum absolute atomic E-state index is 12.3. The number of rotatable bonds is 8. The van der Waals surface area contributed by atoms with Crippen molar-refractivity contribution in [2.24, 2.45) is 17.2 Å². The SMILES string of the molecule is CN(CCC(N)CC(=O)NC1C=CC(N2C=CC(N)(O)NC2=O)OC1C(=O)O)C(=N)N. The number of carboxylic acid groups (broad SMARTS) is 1. The maximum atomic E-state index is 12.3. The first-order valence-electron chi connectivity index (χ1n) is 9.37. The molecular formula is C17H28N8O6. The van der Waals surface area contributed by atoms with Crippen LogP contribution < -0.4 is 27.8 Å². The highest BCUT2D eigenvalue weighted by Crippen LogP contribution is 2.20. The summed E-state index contributed by atoms with van der Waals surface area (Å²) in [6, 6.07) is -2.31. The van der Waals surface area contributed by atoms with E-state index in [4.69, 9.17) is 27.3 Å². The van der Waals surface area contributed by atoms with Crippen molar-refractivity contribution in [2.75, 3.05) is 13.6 Å². The zero-order valence-electron chi connectivity index (χ0n) is 16.9. The fraction of sp³-hybridized carbons (Fsp3) is 0.529. The summed E-state index contributed by atoms with van der Waals surface area (Å²) in [5.41, 5.74) is 16.6. The fourth-order valence-electron chi connectivity index (χ4n) is 2.89. The van der Waals surface area contributed by atoms with Gasteiger partial charge in [-0.25, -0.2) is 9.59 Å². The number of urea groups is 1. The predicted molar refractivity (Wildman–Crippen MR) is 108 cm³/mol. The molecule has 0 bridgehead atoms. The Kier molecular flexibility index (Phi) is 7.56. The van der Waals surface area contributed by atoms with E-state index >= 15 is 0 Å². The van der Waals surface area contributed by atoms with Crippen LogP contribution in [0.3, 0.4) is 0 Å². The number of carboxylic acids is 1. The first kappa shape index (κ1) is 24.1. The summed E-state index contributed by atoms with van der Waals surface area (Å²) in [6.07, 6.45) is 2.84. The molecule has 2 heterocycles. The molecule has 0 spiro atoms. The number of carbonyl (C=O) groups is 3. The van der Waals surface area contributed by atoms with Crippen LogP contribution in [0.15, 0.2) is 24.4 Å². The van der Waals surface area contributed by atoms with Crippen molar-refractivity contribution in [1.29, 1.82) is 5.41 Å². The van der Waals surface area contributed by atoms with Crippen molar-refractivity contribution < 1.29 is 29.3 Å². The summed E-state index contributed by atoms with van der Waals surface area (Å²) in [5, 5.41) is 31.1. The van der Waals surface area contributed by atoms with Crippen LogP contribution in [0.5, 0.6) is 0 Å². The van der Waals surface area contributed by atoms with Gasteiger partial charge < -0.3 is 36.6 Å². The molecule has 3 amide bonds. The predicted octanol–water partition coefficient (Wildman–Crippen LogP) is -3.09. The Morgan fingerprint density at radius 1 is 1.48 bits per heavy atom. The normalized spacial score (nSPS) is 28.6. The third kappa shape index (κ3) is 6.65. The van der Waals surface area contributed by atoms with Gasteiger partial charge in [-0.05, 0) is 18.6 Å². The molecule has 0 saturated heterocycles. The average molecular weight is 440 g/mol. The molecule has 2 rings (SSSR count). The van der Waals surface area contributed by atoms with E-state index in [0.717, 1.165) is 11.0 Å². The van der Waals surface area contributed by atoms with E-state index in [9.17, 15) is 24.6 Å². The van der Waals surface area contributed by atoms with Crippen LogP contribution in [0.1, 0.15) is 12.8 Å². The summed E-state index contributed by atoms with van der Waals surface area (Å²) in [5.74, 6) is -3.96. The Balaban J connectivity index is 1.98. The monoisotopic (exact) mass is 440 g/mol. The Bertz CT molecular complexity index is 785. The summed E-state index contributed by atoms with van der Waals surface area (Å²) < 4.78 is 5.46. The molecule has 2 aliphatic rings. The van der Waals surface area contributed by atoms with Gasteiger partial charge in [-0.15, -0.1) is 0 Å². The quantitative estimate of drug-likeness (QED) is 0.0819. The second kappa shape index (κ2) is 9.74. The third-order valence-corrected chi connectivity index (χ3v) is 4.67. The molecule has 5 unspecified atom stereocenters. The van der Waals surface area contributed by atoms with Gasteiger partial charge in [0, 0.05) is 32.3 Å². The number of nitrogens with one attached hydrogen (secondary N) is 3. The topological polar surface area (TPSA) is 233 Å². The van der Waals surface area contributed by atoms with Crippen molar-refractivity contribution in [1.82, 2.24) is 20.4 Å². The van der Waals surface area contributed by atoms with E-state index in [2.05, 4.69) is 10.6 Å². The number of amides is 3. The van der Waals surface area contributed by atoms with Crippen LogP contribution in [0.4, 0.5) is 4.79 Å². The molecule has 31 heavy (non-hydrogen) atoms. The van der Waals surface area contributed by atoms with Crippen LogP contribution in [-0.4, -0.2) is 87.7 Å². The van der Waals surface area contributed by atoms with Crippen molar-refractivity contribution in [3.63, 3.8) is 0 Å². The highest BCUT2D eigenvalue weighted by Gasteiger charge is 2.39. The molecule has 11 N–H and O–H groups in total. The second-order valence-electron chi connectivity index (χ2n) is 7.30. The second-order valence-corrected chi connectivity index (χ2v) is 7.30. The van der Waals surface area contributed by atoms with E-state index in [1.165, 1.54) is 23.3 Å². The minimum Gasteiger partial charge on any atom is -0.479 e. The lowest BCUT2D eigenvalue weighted by atomic mass is 10.1. The number of ether oxygens (including phenoxy) is 1. The summed E-state index contributed by atoms with van der Waals surface area (Å²) in [6.45, 7) is 0.388. The number of aliphatic carboxylic acids is 1. The highest BCUT2D eigenvalue weighted by atomic mass is 16.5. The Labute approximate surface area is 178 Å². The molecular weight excluding hydrogens is 412 g/mol. The van der Waals surface area contributed by atoms with Gasteiger partial charge in [0.15, 0.2) is 18.3 Å². The van der Waals surface area contributed by atoms with E-state index < -0.39 is 48.2 Å². The summed E-state index contributed by atoms with van der Waals surface area (Å²) in [7, 11) is 1.62. The summed E-state index contributed by atoms with van der Waals surface area (Å²) in [4.78, 5) is 38.5.